The maximum atomic E-state index is 11.7. The van der Waals surface area contributed by atoms with E-state index in [0.717, 1.165) is 24.8 Å². The second kappa shape index (κ2) is 7.12. The van der Waals surface area contributed by atoms with Crippen molar-refractivity contribution in [1.82, 2.24) is 0 Å². The minimum absolute atomic E-state index is 0.0456. The number of fused-ring (bicyclic) bond motifs is 1. The highest BCUT2D eigenvalue weighted by Gasteiger charge is 2.66. The summed E-state index contributed by atoms with van der Waals surface area (Å²) in [4.78, 5) is 11.7. The first kappa shape index (κ1) is 21.2. The number of carbonyl (C=O) groups excluding carboxylic acids is 1. The van der Waals surface area contributed by atoms with E-state index in [1.165, 1.54) is 6.92 Å². The molecule has 26 heavy (non-hydrogen) atoms. The van der Waals surface area contributed by atoms with E-state index in [0.29, 0.717) is 6.42 Å². The van der Waals surface area contributed by atoms with Crippen LogP contribution in [0.1, 0.15) is 67.2 Å². The molecule has 0 saturated heterocycles. The van der Waals surface area contributed by atoms with Crippen LogP contribution in [0.5, 0.6) is 0 Å². The molecule has 0 aromatic rings. The van der Waals surface area contributed by atoms with Gasteiger partial charge in [-0.3, -0.25) is 4.79 Å². The third-order valence-electron chi connectivity index (χ3n) is 7.11. The molecule has 2 N–H and O–H groups in total. The van der Waals surface area contributed by atoms with Gasteiger partial charge in [0.25, 0.3) is 0 Å². The van der Waals surface area contributed by atoms with Gasteiger partial charge in [0.05, 0.1) is 6.10 Å². The van der Waals surface area contributed by atoms with Crippen LogP contribution in [-0.2, 0) is 9.53 Å². The Morgan fingerprint density at radius 3 is 2.38 bits per heavy atom. The first-order valence-electron chi connectivity index (χ1n) is 9.75. The normalized spacial score (nSPS) is 42.7. The molecule has 4 heteroatoms. The van der Waals surface area contributed by atoms with Crippen molar-refractivity contribution in [3.05, 3.63) is 24.3 Å². The van der Waals surface area contributed by atoms with Crippen LogP contribution in [0.2, 0.25) is 0 Å². The second-order valence-corrected chi connectivity index (χ2v) is 9.51. The Bertz CT molecular complexity index is 589. The molecule has 2 aliphatic carbocycles. The molecule has 148 valence electrons. The molecule has 0 radical (unpaired) electrons. The van der Waals surface area contributed by atoms with Crippen molar-refractivity contribution in [2.24, 2.45) is 22.7 Å². The molecule has 2 aliphatic rings. The lowest BCUT2D eigenvalue weighted by molar-refractivity contribution is -0.271. The van der Waals surface area contributed by atoms with E-state index in [2.05, 4.69) is 33.4 Å². The summed E-state index contributed by atoms with van der Waals surface area (Å²) >= 11 is 0. The molecule has 2 saturated carbocycles. The molecule has 0 aromatic carbocycles. The van der Waals surface area contributed by atoms with Crippen LogP contribution in [0.25, 0.3) is 0 Å². The van der Waals surface area contributed by atoms with Crippen molar-refractivity contribution in [2.75, 3.05) is 0 Å². The van der Waals surface area contributed by atoms with Crippen molar-refractivity contribution in [2.45, 2.75) is 85.0 Å². The van der Waals surface area contributed by atoms with Crippen LogP contribution in [0.4, 0.5) is 0 Å². The average molecular weight is 365 g/mol. The minimum atomic E-state index is -1.30. The molecule has 0 spiro atoms. The van der Waals surface area contributed by atoms with Crippen LogP contribution < -0.4 is 0 Å². The third kappa shape index (κ3) is 3.50. The van der Waals surface area contributed by atoms with E-state index in [1.807, 2.05) is 6.92 Å². The highest BCUT2D eigenvalue weighted by Crippen LogP contribution is 2.63. The number of aliphatic hydroxyl groups excluding tert-OH is 1. The third-order valence-corrected chi connectivity index (χ3v) is 7.11. The number of ether oxygens (including phenoxy) is 1. The van der Waals surface area contributed by atoms with Crippen molar-refractivity contribution in [3.63, 3.8) is 0 Å². The van der Waals surface area contributed by atoms with Gasteiger partial charge in [-0.1, -0.05) is 51.5 Å². The van der Waals surface area contributed by atoms with Crippen LogP contribution >= 0.6 is 0 Å². The fraction of sp³-hybridized carbons (Fsp3) is 0.773. The predicted molar refractivity (Wildman–Crippen MR) is 103 cm³/mol. The quantitative estimate of drug-likeness (QED) is 0.584. The maximum absolute atomic E-state index is 11.7. The van der Waals surface area contributed by atoms with Crippen molar-refractivity contribution < 1.29 is 19.7 Å². The summed E-state index contributed by atoms with van der Waals surface area (Å²) in [6.07, 6.45) is 5.81. The zero-order valence-corrected chi connectivity index (χ0v) is 17.2. The first-order valence-corrected chi connectivity index (χ1v) is 9.75. The van der Waals surface area contributed by atoms with E-state index in [9.17, 15) is 15.0 Å². The fourth-order valence-electron chi connectivity index (χ4n) is 6.02. The Morgan fingerprint density at radius 2 is 1.85 bits per heavy atom. The van der Waals surface area contributed by atoms with E-state index in [4.69, 9.17) is 4.74 Å². The summed E-state index contributed by atoms with van der Waals surface area (Å²) in [5, 5.41) is 22.7. The molecule has 4 nitrogen and oxygen atoms in total. The van der Waals surface area contributed by atoms with Crippen molar-refractivity contribution in [1.29, 1.82) is 0 Å². The van der Waals surface area contributed by atoms with Gasteiger partial charge in [0.1, 0.15) is 5.60 Å². The average Bonchev–Trinajstić information content (AvgIpc) is 2.49. The zero-order valence-electron chi connectivity index (χ0n) is 17.2. The highest BCUT2D eigenvalue weighted by atomic mass is 16.6. The summed E-state index contributed by atoms with van der Waals surface area (Å²) in [6, 6.07) is 0. The standard InChI is InChI=1S/C22H36O4/c1-8-14(2)10-11-16-21(6)13-9-12-20(4,5)18(21)17(24)19(22(16,7)25)26-15(3)23/h8,10,16-19,24-25H,1,9,11-13H2,2-7H3/b14-10-/t16-,17-,18+,19+,21-,22+/m0/s1. The van der Waals surface area contributed by atoms with E-state index in [-0.39, 0.29) is 22.7 Å². The largest absolute Gasteiger partial charge is 0.457 e. The fourth-order valence-corrected chi connectivity index (χ4v) is 6.02. The molecular weight excluding hydrogens is 328 g/mol. The van der Waals surface area contributed by atoms with Gasteiger partial charge in [0, 0.05) is 12.8 Å². The van der Waals surface area contributed by atoms with Crippen LogP contribution in [0.15, 0.2) is 24.3 Å². The highest BCUT2D eigenvalue weighted by molar-refractivity contribution is 5.66. The molecule has 2 rings (SSSR count). The maximum Gasteiger partial charge on any atom is 0.303 e. The number of rotatable bonds is 4. The Kier molecular flexibility index (Phi) is 5.80. The molecule has 0 heterocycles. The van der Waals surface area contributed by atoms with Gasteiger partial charge < -0.3 is 14.9 Å². The number of hydrogen-bond donors (Lipinski definition) is 2. The molecule has 0 amide bonds. The lowest BCUT2D eigenvalue weighted by Gasteiger charge is -2.64. The SMILES string of the molecule is C=C/C(C)=C\C[C@@H]1[C@@](C)(O)[C@H](OC(C)=O)[C@@H](O)[C@@H]2C(C)(C)CCC[C@]21C. The number of carbonyl (C=O) groups is 1. The van der Waals surface area contributed by atoms with Gasteiger partial charge in [0.2, 0.25) is 0 Å². The van der Waals surface area contributed by atoms with Gasteiger partial charge in [-0.2, -0.15) is 0 Å². The number of allylic oxidation sites excluding steroid dienone is 3. The van der Waals surface area contributed by atoms with Crippen LogP contribution in [-0.4, -0.2) is 34.0 Å². The summed E-state index contributed by atoms with van der Waals surface area (Å²) in [7, 11) is 0. The molecular formula is C22H36O4. The monoisotopic (exact) mass is 364 g/mol. The van der Waals surface area contributed by atoms with Crippen LogP contribution in [0, 0.1) is 22.7 Å². The summed E-state index contributed by atoms with van der Waals surface area (Å²) in [5.74, 6) is -0.638. The van der Waals surface area contributed by atoms with Gasteiger partial charge in [-0.05, 0) is 49.9 Å². The van der Waals surface area contributed by atoms with E-state index < -0.39 is 23.8 Å². The molecule has 0 aliphatic heterocycles. The summed E-state index contributed by atoms with van der Waals surface area (Å²) < 4.78 is 5.49. The van der Waals surface area contributed by atoms with E-state index >= 15 is 0 Å². The minimum Gasteiger partial charge on any atom is -0.457 e. The second-order valence-electron chi connectivity index (χ2n) is 9.51. The van der Waals surface area contributed by atoms with Gasteiger partial charge in [0.15, 0.2) is 6.10 Å². The van der Waals surface area contributed by atoms with Crippen molar-refractivity contribution >= 4 is 5.97 Å². The van der Waals surface area contributed by atoms with E-state index in [1.54, 1.807) is 13.0 Å². The number of hydrogen-bond acceptors (Lipinski definition) is 4. The van der Waals surface area contributed by atoms with Crippen LogP contribution in [0.3, 0.4) is 0 Å². The summed E-state index contributed by atoms with van der Waals surface area (Å²) in [5.41, 5.74) is -0.566. The lowest BCUT2D eigenvalue weighted by atomic mass is 9.43. The Labute approximate surface area is 158 Å². The number of aliphatic hydroxyl groups is 2. The summed E-state index contributed by atoms with van der Waals surface area (Å²) in [6.45, 7) is 15.4. The lowest BCUT2D eigenvalue weighted by Crippen LogP contribution is -2.70. The first-order chi connectivity index (χ1) is 11.9. The molecule has 0 bridgehead atoms. The molecule has 0 aromatic heterocycles. The number of esters is 1. The molecule has 6 atom stereocenters. The predicted octanol–water partition coefficient (Wildman–Crippen LogP) is 4.01. The Balaban J connectivity index is 2.56. The Hall–Kier alpha value is -1.13. The topological polar surface area (TPSA) is 66.8 Å². The molecule has 0 unspecified atom stereocenters. The van der Waals surface area contributed by atoms with Gasteiger partial charge in [-0.25, -0.2) is 0 Å². The molecule has 2 fully saturated rings. The zero-order chi connectivity index (χ0) is 19.9. The van der Waals surface area contributed by atoms with Gasteiger partial charge >= 0.3 is 5.97 Å². The van der Waals surface area contributed by atoms with Gasteiger partial charge in [-0.15, -0.1) is 0 Å². The Morgan fingerprint density at radius 1 is 1.23 bits per heavy atom. The van der Waals surface area contributed by atoms with Crippen molar-refractivity contribution in [3.8, 4) is 0 Å². The smallest absolute Gasteiger partial charge is 0.303 e.